The molecule has 0 aliphatic heterocycles. The Bertz CT molecular complexity index is 358. The molecule has 1 fully saturated rings. The van der Waals surface area contributed by atoms with Crippen molar-refractivity contribution in [3.8, 4) is 5.75 Å². The third-order valence-electron chi connectivity index (χ3n) is 3.44. The van der Waals surface area contributed by atoms with Crippen LogP contribution in [0.15, 0.2) is 18.2 Å². The summed E-state index contributed by atoms with van der Waals surface area (Å²) in [6, 6.07) is 6.45. The summed E-state index contributed by atoms with van der Waals surface area (Å²) in [4.78, 5) is 0. The van der Waals surface area contributed by atoms with Crippen LogP contribution in [0.4, 0.5) is 0 Å². The zero-order valence-corrected chi connectivity index (χ0v) is 10.2. The minimum atomic E-state index is 0.162. The van der Waals surface area contributed by atoms with Crippen molar-refractivity contribution < 1.29 is 4.74 Å². The van der Waals surface area contributed by atoms with Crippen LogP contribution in [-0.4, -0.2) is 7.11 Å². The summed E-state index contributed by atoms with van der Waals surface area (Å²) >= 11 is 0. The first-order valence-corrected chi connectivity index (χ1v) is 6.11. The van der Waals surface area contributed by atoms with Crippen LogP contribution in [0.25, 0.3) is 0 Å². The Morgan fingerprint density at radius 1 is 1.44 bits per heavy atom. The molecule has 1 aromatic rings. The van der Waals surface area contributed by atoms with Gasteiger partial charge in [-0.05, 0) is 42.9 Å². The SMILES string of the molecule is COc1cc(C(N)CCC2CC2)ccc1C. The molecule has 1 aromatic carbocycles. The van der Waals surface area contributed by atoms with Gasteiger partial charge in [0.25, 0.3) is 0 Å². The molecule has 0 aromatic heterocycles. The van der Waals surface area contributed by atoms with Crippen molar-refractivity contribution in [2.45, 2.75) is 38.6 Å². The molecule has 88 valence electrons. The van der Waals surface area contributed by atoms with Crippen LogP contribution >= 0.6 is 0 Å². The largest absolute Gasteiger partial charge is 0.496 e. The van der Waals surface area contributed by atoms with E-state index in [0.717, 1.165) is 18.1 Å². The third-order valence-corrected chi connectivity index (χ3v) is 3.44. The van der Waals surface area contributed by atoms with Crippen molar-refractivity contribution in [3.05, 3.63) is 29.3 Å². The summed E-state index contributed by atoms with van der Waals surface area (Å²) in [5.41, 5.74) is 8.55. The Labute approximate surface area is 97.8 Å². The van der Waals surface area contributed by atoms with Gasteiger partial charge >= 0.3 is 0 Å². The predicted molar refractivity (Wildman–Crippen MR) is 66.6 cm³/mol. The summed E-state index contributed by atoms with van der Waals surface area (Å²) in [7, 11) is 1.71. The molecule has 2 rings (SSSR count). The number of hydrogen-bond donors (Lipinski definition) is 1. The van der Waals surface area contributed by atoms with Gasteiger partial charge in [-0.3, -0.25) is 0 Å². The Morgan fingerprint density at radius 3 is 2.81 bits per heavy atom. The van der Waals surface area contributed by atoms with Crippen molar-refractivity contribution in [1.82, 2.24) is 0 Å². The van der Waals surface area contributed by atoms with Gasteiger partial charge in [0.15, 0.2) is 0 Å². The lowest BCUT2D eigenvalue weighted by Crippen LogP contribution is -2.10. The average molecular weight is 219 g/mol. The maximum absolute atomic E-state index is 6.19. The lowest BCUT2D eigenvalue weighted by Gasteiger charge is -2.14. The highest BCUT2D eigenvalue weighted by molar-refractivity contribution is 5.37. The summed E-state index contributed by atoms with van der Waals surface area (Å²) < 4.78 is 5.32. The molecule has 2 nitrogen and oxygen atoms in total. The molecule has 0 bridgehead atoms. The van der Waals surface area contributed by atoms with E-state index < -0.39 is 0 Å². The van der Waals surface area contributed by atoms with Gasteiger partial charge in [0.1, 0.15) is 5.75 Å². The van der Waals surface area contributed by atoms with Gasteiger partial charge in [0.05, 0.1) is 7.11 Å². The van der Waals surface area contributed by atoms with Crippen LogP contribution < -0.4 is 10.5 Å². The van der Waals surface area contributed by atoms with Crippen molar-refractivity contribution in [3.63, 3.8) is 0 Å². The molecule has 1 aliphatic carbocycles. The Hall–Kier alpha value is -1.02. The first kappa shape index (κ1) is 11.5. The minimum Gasteiger partial charge on any atom is -0.496 e. The summed E-state index contributed by atoms with van der Waals surface area (Å²) in [6.45, 7) is 2.05. The van der Waals surface area contributed by atoms with Gasteiger partial charge in [-0.1, -0.05) is 25.0 Å². The normalized spacial score (nSPS) is 17.2. The molecular formula is C14H21NO. The van der Waals surface area contributed by atoms with Crippen LogP contribution in [0, 0.1) is 12.8 Å². The molecular weight excluding hydrogens is 198 g/mol. The number of nitrogens with two attached hydrogens (primary N) is 1. The molecule has 1 saturated carbocycles. The Morgan fingerprint density at radius 2 is 2.19 bits per heavy atom. The molecule has 2 heteroatoms. The van der Waals surface area contributed by atoms with E-state index in [0.29, 0.717) is 0 Å². The van der Waals surface area contributed by atoms with Crippen molar-refractivity contribution in [2.75, 3.05) is 7.11 Å². The maximum Gasteiger partial charge on any atom is 0.122 e. The van der Waals surface area contributed by atoms with E-state index in [2.05, 4.69) is 25.1 Å². The minimum absolute atomic E-state index is 0.162. The van der Waals surface area contributed by atoms with Crippen LogP contribution in [0.1, 0.15) is 42.9 Å². The third kappa shape index (κ3) is 2.76. The Balaban J connectivity index is 2.00. The molecule has 0 radical (unpaired) electrons. The lowest BCUT2D eigenvalue weighted by atomic mass is 10.00. The number of benzene rings is 1. The summed E-state index contributed by atoms with van der Waals surface area (Å²) in [5.74, 6) is 1.90. The molecule has 0 spiro atoms. The van der Waals surface area contributed by atoms with Gasteiger partial charge in [0, 0.05) is 6.04 Å². The highest BCUT2D eigenvalue weighted by atomic mass is 16.5. The zero-order valence-electron chi connectivity index (χ0n) is 10.2. The smallest absolute Gasteiger partial charge is 0.122 e. The van der Waals surface area contributed by atoms with E-state index in [1.165, 1.54) is 30.4 Å². The van der Waals surface area contributed by atoms with E-state index in [-0.39, 0.29) is 6.04 Å². The van der Waals surface area contributed by atoms with Crippen molar-refractivity contribution in [2.24, 2.45) is 11.7 Å². The Kier molecular flexibility index (Phi) is 3.49. The fourth-order valence-electron chi connectivity index (χ4n) is 2.06. The molecule has 1 atom stereocenters. The monoisotopic (exact) mass is 219 g/mol. The van der Waals surface area contributed by atoms with E-state index in [9.17, 15) is 0 Å². The van der Waals surface area contributed by atoms with Crippen LogP contribution in [-0.2, 0) is 0 Å². The molecule has 0 amide bonds. The van der Waals surface area contributed by atoms with E-state index in [1.807, 2.05) is 0 Å². The van der Waals surface area contributed by atoms with Crippen molar-refractivity contribution >= 4 is 0 Å². The summed E-state index contributed by atoms with van der Waals surface area (Å²) in [6.07, 6.45) is 5.18. The van der Waals surface area contributed by atoms with Gasteiger partial charge in [-0.25, -0.2) is 0 Å². The number of aryl methyl sites for hydroxylation is 1. The number of rotatable bonds is 5. The van der Waals surface area contributed by atoms with Crippen LogP contribution in [0.5, 0.6) is 5.75 Å². The lowest BCUT2D eigenvalue weighted by molar-refractivity contribution is 0.410. The maximum atomic E-state index is 6.19. The molecule has 0 saturated heterocycles. The second-order valence-electron chi connectivity index (χ2n) is 4.86. The average Bonchev–Trinajstić information content (AvgIpc) is 3.10. The number of ether oxygens (including phenoxy) is 1. The molecule has 0 heterocycles. The molecule has 2 N–H and O–H groups in total. The highest BCUT2D eigenvalue weighted by Gasteiger charge is 2.22. The van der Waals surface area contributed by atoms with Gasteiger partial charge in [0.2, 0.25) is 0 Å². The first-order valence-electron chi connectivity index (χ1n) is 6.11. The fraction of sp³-hybridized carbons (Fsp3) is 0.571. The topological polar surface area (TPSA) is 35.2 Å². The molecule has 1 aliphatic rings. The van der Waals surface area contributed by atoms with E-state index in [1.54, 1.807) is 7.11 Å². The van der Waals surface area contributed by atoms with E-state index in [4.69, 9.17) is 10.5 Å². The molecule has 16 heavy (non-hydrogen) atoms. The molecule has 1 unspecified atom stereocenters. The van der Waals surface area contributed by atoms with Gasteiger partial charge in [-0.2, -0.15) is 0 Å². The number of methoxy groups -OCH3 is 1. The van der Waals surface area contributed by atoms with Crippen LogP contribution in [0.2, 0.25) is 0 Å². The first-order chi connectivity index (χ1) is 7.70. The fourth-order valence-corrected chi connectivity index (χ4v) is 2.06. The summed E-state index contributed by atoms with van der Waals surface area (Å²) in [5, 5.41) is 0. The van der Waals surface area contributed by atoms with Crippen LogP contribution in [0.3, 0.4) is 0 Å². The van der Waals surface area contributed by atoms with Gasteiger partial charge < -0.3 is 10.5 Å². The van der Waals surface area contributed by atoms with Crippen molar-refractivity contribution in [1.29, 1.82) is 0 Å². The zero-order chi connectivity index (χ0) is 11.5. The standard InChI is InChI=1S/C14H21NO/c1-10-3-7-12(9-14(10)16-2)13(15)8-6-11-4-5-11/h3,7,9,11,13H,4-6,8,15H2,1-2H3. The predicted octanol–water partition coefficient (Wildman–Crippen LogP) is 3.19. The second kappa shape index (κ2) is 4.88. The second-order valence-corrected chi connectivity index (χ2v) is 4.86. The highest BCUT2D eigenvalue weighted by Crippen LogP contribution is 2.35. The quantitative estimate of drug-likeness (QED) is 0.825. The number of hydrogen-bond acceptors (Lipinski definition) is 2. The van der Waals surface area contributed by atoms with E-state index >= 15 is 0 Å². The van der Waals surface area contributed by atoms with Gasteiger partial charge in [-0.15, -0.1) is 0 Å².